The zero-order valence-corrected chi connectivity index (χ0v) is 10.6. The number of hydrazine groups is 1. The third-order valence-electron chi connectivity index (χ3n) is 2.42. The van der Waals surface area contributed by atoms with Crippen molar-refractivity contribution >= 4 is 23.0 Å². The number of carbonyl (C=O) groups excluding carboxylic acids is 1. The summed E-state index contributed by atoms with van der Waals surface area (Å²) in [6.45, 7) is 2.69. The van der Waals surface area contributed by atoms with Gasteiger partial charge in [-0.3, -0.25) is 20.8 Å². The van der Waals surface area contributed by atoms with Gasteiger partial charge in [0.05, 0.1) is 4.92 Å². The Balaban J connectivity index is 2.73. The molecule has 8 nitrogen and oxygen atoms in total. The van der Waals surface area contributed by atoms with Crippen LogP contribution in [0, 0.1) is 10.1 Å². The molecule has 1 rings (SSSR count). The highest BCUT2D eigenvalue weighted by Gasteiger charge is 2.18. The first-order valence-corrected chi connectivity index (χ1v) is 5.84. The van der Waals surface area contributed by atoms with Crippen LogP contribution >= 0.6 is 0 Å². The van der Waals surface area contributed by atoms with E-state index in [0.717, 1.165) is 0 Å². The Bertz CT molecular complexity index is 464. The van der Waals surface area contributed by atoms with Crippen LogP contribution in [0.1, 0.15) is 13.3 Å². The summed E-state index contributed by atoms with van der Waals surface area (Å²) in [6, 6.07) is 4.71. The van der Waals surface area contributed by atoms with Gasteiger partial charge in [-0.1, -0.05) is 6.07 Å². The number of nitro benzene ring substituents is 1. The highest BCUT2D eigenvalue weighted by atomic mass is 16.6. The van der Waals surface area contributed by atoms with E-state index < -0.39 is 4.92 Å². The predicted octanol–water partition coefficient (Wildman–Crippen LogP) is 0.818. The van der Waals surface area contributed by atoms with Crippen molar-refractivity contribution in [3.8, 4) is 0 Å². The molecule has 0 spiro atoms. The molecule has 0 bridgehead atoms. The maximum atomic E-state index is 11.3. The van der Waals surface area contributed by atoms with E-state index in [-0.39, 0.29) is 23.7 Å². The number of amides is 1. The van der Waals surface area contributed by atoms with Crippen molar-refractivity contribution in [2.75, 3.05) is 23.8 Å². The Morgan fingerprint density at radius 2 is 2.11 bits per heavy atom. The smallest absolute Gasteiger partial charge is 0.316 e. The summed E-state index contributed by atoms with van der Waals surface area (Å²) in [5, 5.41) is 16.5. The zero-order valence-electron chi connectivity index (χ0n) is 10.6. The summed E-state index contributed by atoms with van der Waals surface area (Å²) in [5.41, 5.74) is 2.68. The van der Waals surface area contributed by atoms with Gasteiger partial charge in [0.2, 0.25) is 5.91 Å². The summed E-state index contributed by atoms with van der Waals surface area (Å²) in [6.07, 6.45) is 0.241. The van der Waals surface area contributed by atoms with Gasteiger partial charge in [0, 0.05) is 19.5 Å². The third-order valence-corrected chi connectivity index (χ3v) is 2.42. The first-order valence-electron chi connectivity index (χ1n) is 5.84. The number of para-hydroxylation sites is 1. The molecule has 1 aromatic rings. The number of rotatable bonds is 7. The third kappa shape index (κ3) is 4.11. The average molecular weight is 267 g/mol. The van der Waals surface area contributed by atoms with Gasteiger partial charge < -0.3 is 16.1 Å². The maximum Gasteiger partial charge on any atom is 0.316 e. The fourth-order valence-corrected chi connectivity index (χ4v) is 1.60. The molecule has 1 aromatic carbocycles. The normalized spacial score (nSPS) is 9.79. The topological polar surface area (TPSA) is 122 Å². The average Bonchev–Trinajstić information content (AvgIpc) is 2.38. The number of nitrogens with zero attached hydrogens (tertiary/aromatic N) is 1. The molecule has 0 aliphatic rings. The van der Waals surface area contributed by atoms with Gasteiger partial charge in [0.1, 0.15) is 11.4 Å². The highest BCUT2D eigenvalue weighted by molar-refractivity contribution is 5.78. The lowest BCUT2D eigenvalue weighted by molar-refractivity contribution is -0.383. The molecular weight excluding hydrogens is 250 g/mol. The second kappa shape index (κ2) is 7.17. The lowest BCUT2D eigenvalue weighted by Crippen LogP contribution is -2.24. The van der Waals surface area contributed by atoms with Crippen LogP contribution in [0.25, 0.3) is 0 Å². The van der Waals surface area contributed by atoms with E-state index >= 15 is 0 Å². The van der Waals surface area contributed by atoms with Gasteiger partial charge in [0.25, 0.3) is 0 Å². The number of hydrogen-bond donors (Lipinski definition) is 4. The van der Waals surface area contributed by atoms with Gasteiger partial charge in [-0.25, -0.2) is 0 Å². The van der Waals surface area contributed by atoms with Crippen molar-refractivity contribution in [1.29, 1.82) is 0 Å². The number of anilines is 2. The van der Waals surface area contributed by atoms with E-state index in [9.17, 15) is 14.9 Å². The van der Waals surface area contributed by atoms with E-state index in [2.05, 4.69) is 16.1 Å². The first kappa shape index (κ1) is 14.7. The van der Waals surface area contributed by atoms with E-state index in [4.69, 9.17) is 5.84 Å². The molecule has 0 fully saturated rings. The maximum absolute atomic E-state index is 11.3. The summed E-state index contributed by atoms with van der Waals surface area (Å²) in [4.78, 5) is 21.7. The van der Waals surface area contributed by atoms with Crippen LogP contribution in [0.3, 0.4) is 0 Å². The van der Waals surface area contributed by atoms with Crippen LogP contribution in [0.5, 0.6) is 0 Å². The number of benzene rings is 1. The molecule has 0 aliphatic heterocycles. The molecule has 0 saturated heterocycles. The van der Waals surface area contributed by atoms with E-state index in [1.54, 1.807) is 12.1 Å². The molecule has 5 N–H and O–H groups in total. The minimum atomic E-state index is -0.524. The van der Waals surface area contributed by atoms with Crippen LogP contribution < -0.4 is 21.9 Å². The van der Waals surface area contributed by atoms with Crippen molar-refractivity contribution in [2.24, 2.45) is 5.84 Å². The Hall–Kier alpha value is -2.35. The second-order valence-corrected chi connectivity index (χ2v) is 3.73. The molecule has 19 heavy (non-hydrogen) atoms. The number of nitro groups is 1. The van der Waals surface area contributed by atoms with Gasteiger partial charge in [-0.15, -0.1) is 0 Å². The van der Waals surface area contributed by atoms with Crippen molar-refractivity contribution < 1.29 is 9.72 Å². The SMILES string of the molecule is CCNC(=O)CCNc1cccc(NN)c1[N+](=O)[O-]. The molecule has 104 valence electrons. The van der Waals surface area contributed by atoms with Gasteiger partial charge in [-0.05, 0) is 19.1 Å². The van der Waals surface area contributed by atoms with Crippen LogP contribution in [0.2, 0.25) is 0 Å². The van der Waals surface area contributed by atoms with Gasteiger partial charge in [0.15, 0.2) is 0 Å². The number of nitrogens with one attached hydrogen (secondary N) is 3. The molecule has 0 saturated carbocycles. The van der Waals surface area contributed by atoms with Crippen molar-refractivity contribution in [1.82, 2.24) is 5.32 Å². The lowest BCUT2D eigenvalue weighted by Gasteiger charge is -2.09. The Labute approximate surface area is 110 Å². The second-order valence-electron chi connectivity index (χ2n) is 3.73. The van der Waals surface area contributed by atoms with Gasteiger partial charge >= 0.3 is 5.69 Å². The van der Waals surface area contributed by atoms with Crippen LogP contribution in [-0.4, -0.2) is 23.9 Å². The summed E-state index contributed by atoms with van der Waals surface area (Å²) in [5.74, 6) is 5.12. The quantitative estimate of drug-likeness (QED) is 0.329. The van der Waals surface area contributed by atoms with Crippen LogP contribution in [0.15, 0.2) is 18.2 Å². The number of carbonyl (C=O) groups is 1. The van der Waals surface area contributed by atoms with Crippen molar-refractivity contribution in [3.63, 3.8) is 0 Å². The molecule has 0 aromatic heterocycles. The zero-order chi connectivity index (χ0) is 14.3. The van der Waals surface area contributed by atoms with E-state index in [1.165, 1.54) is 6.07 Å². The monoisotopic (exact) mass is 267 g/mol. The molecule has 0 aliphatic carbocycles. The molecule has 1 amide bonds. The largest absolute Gasteiger partial charge is 0.379 e. The standard InChI is InChI=1S/C11H17N5O3/c1-2-13-10(17)6-7-14-8-4-3-5-9(15-12)11(8)16(18)19/h3-5,14-15H,2,6-7,12H2,1H3,(H,13,17). The predicted molar refractivity (Wildman–Crippen MR) is 72.7 cm³/mol. The van der Waals surface area contributed by atoms with Crippen molar-refractivity contribution in [3.05, 3.63) is 28.3 Å². The Kier molecular flexibility index (Phi) is 5.55. The van der Waals surface area contributed by atoms with Crippen molar-refractivity contribution in [2.45, 2.75) is 13.3 Å². The molecule has 8 heteroatoms. The minimum Gasteiger partial charge on any atom is -0.379 e. The van der Waals surface area contributed by atoms with Crippen LogP contribution in [0.4, 0.5) is 17.1 Å². The molecule has 0 heterocycles. The van der Waals surface area contributed by atoms with Gasteiger partial charge in [-0.2, -0.15) is 0 Å². The summed E-state index contributed by atoms with van der Waals surface area (Å²) >= 11 is 0. The van der Waals surface area contributed by atoms with Crippen LogP contribution in [-0.2, 0) is 4.79 Å². The molecule has 0 radical (unpaired) electrons. The molecule has 0 unspecified atom stereocenters. The Morgan fingerprint density at radius 3 is 2.68 bits per heavy atom. The van der Waals surface area contributed by atoms with E-state index in [0.29, 0.717) is 18.8 Å². The fourth-order valence-electron chi connectivity index (χ4n) is 1.60. The highest BCUT2D eigenvalue weighted by Crippen LogP contribution is 2.31. The first-order chi connectivity index (χ1) is 9.10. The number of hydrogen-bond acceptors (Lipinski definition) is 6. The lowest BCUT2D eigenvalue weighted by atomic mass is 10.2. The number of nitrogen functional groups attached to an aromatic ring is 1. The summed E-state index contributed by atoms with van der Waals surface area (Å²) < 4.78 is 0. The fraction of sp³-hybridized carbons (Fsp3) is 0.364. The Morgan fingerprint density at radius 1 is 1.42 bits per heavy atom. The number of nitrogens with two attached hydrogens (primary N) is 1. The summed E-state index contributed by atoms with van der Waals surface area (Å²) in [7, 11) is 0. The molecule has 0 atom stereocenters. The molecular formula is C11H17N5O3. The van der Waals surface area contributed by atoms with E-state index in [1.807, 2.05) is 6.92 Å². The minimum absolute atomic E-state index is 0.106.